The van der Waals surface area contributed by atoms with Crippen molar-refractivity contribution in [2.45, 2.75) is 12.5 Å². The van der Waals surface area contributed by atoms with Gasteiger partial charge in [0, 0.05) is 6.54 Å². The van der Waals surface area contributed by atoms with Crippen molar-refractivity contribution in [1.82, 2.24) is 5.32 Å². The third kappa shape index (κ3) is 5.10. The first-order valence-corrected chi connectivity index (χ1v) is 6.99. The summed E-state index contributed by atoms with van der Waals surface area (Å²) in [5.74, 6) is -2.73. The number of carboxylic acids is 1. The van der Waals surface area contributed by atoms with Crippen LogP contribution in [0.2, 0.25) is 0 Å². The molecule has 1 amide bonds. The van der Waals surface area contributed by atoms with Crippen LogP contribution in [0.3, 0.4) is 0 Å². The summed E-state index contributed by atoms with van der Waals surface area (Å²) < 4.78 is 18.2. The van der Waals surface area contributed by atoms with Crippen LogP contribution in [0.15, 0.2) is 54.6 Å². The average Bonchev–Trinajstić information content (AvgIpc) is 2.54. The zero-order valence-corrected chi connectivity index (χ0v) is 12.2. The second kappa shape index (κ2) is 7.93. The highest BCUT2D eigenvalue weighted by atomic mass is 19.1. The van der Waals surface area contributed by atoms with Gasteiger partial charge in [-0.2, -0.15) is 0 Å². The second-order valence-electron chi connectivity index (χ2n) is 4.89. The number of hydrogen-bond donors (Lipinski definition) is 2. The lowest BCUT2D eigenvalue weighted by Crippen LogP contribution is -2.32. The van der Waals surface area contributed by atoms with Crippen molar-refractivity contribution < 1.29 is 23.8 Å². The van der Waals surface area contributed by atoms with Crippen LogP contribution in [0.1, 0.15) is 17.0 Å². The van der Waals surface area contributed by atoms with E-state index in [0.29, 0.717) is 0 Å². The molecule has 0 bridgehead atoms. The average molecular weight is 317 g/mol. The number of benzene rings is 2. The topological polar surface area (TPSA) is 75.6 Å². The highest BCUT2D eigenvalue weighted by Crippen LogP contribution is 2.16. The molecule has 0 aromatic heterocycles. The molecule has 0 aliphatic carbocycles. The highest BCUT2D eigenvalue weighted by molar-refractivity contribution is 5.77. The lowest BCUT2D eigenvalue weighted by atomic mass is 9.99. The van der Waals surface area contributed by atoms with E-state index in [4.69, 9.17) is 4.74 Å². The van der Waals surface area contributed by atoms with Crippen LogP contribution < -0.4 is 5.32 Å². The number of carbonyl (C=O) groups is 2. The fraction of sp³-hybridized carbons (Fsp3) is 0.176. The van der Waals surface area contributed by atoms with E-state index in [1.54, 1.807) is 12.1 Å². The highest BCUT2D eigenvalue weighted by Gasteiger charge is 2.21. The fourth-order valence-electron chi connectivity index (χ4n) is 2.03. The van der Waals surface area contributed by atoms with Gasteiger partial charge in [0.15, 0.2) is 0 Å². The third-order valence-electron chi connectivity index (χ3n) is 3.21. The number of rotatable bonds is 6. The molecule has 0 saturated carbocycles. The van der Waals surface area contributed by atoms with Crippen LogP contribution >= 0.6 is 0 Å². The van der Waals surface area contributed by atoms with Crippen molar-refractivity contribution in [2.24, 2.45) is 0 Å². The van der Waals surface area contributed by atoms with Gasteiger partial charge in [0.05, 0.1) is 5.92 Å². The number of carboxylic acid groups (broad SMARTS) is 1. The van der Waals surface area contributed by atoms with Crippen LogP contribution in [0.4, 0.5) is 9.18 Å². The van der Waals surface area contributed by atoms with Crippen molar-refractivity contribution in [3.63, 3.8) is 0 Å². The number of aliphatic carboxylic acids is 1. The maximum absolute atomic E-state index is 13.2. The van der Waals surface area contributed by atoms with Gasteiger partial charge in [-0.05, 0) is 23.3 Å². The maximum Gasteiger partial charge on any atom is 0.407 e. The minimum absolute atomic E-state index is 0.0877. The molecule has 23 heavy (non-hydrogen) atoms. The summed E-state index contributed by atoms with van der Waals surface area (Å²) in [7, 11) is 0. The Morgan fingerprint density at radius 3 is 2.52 bits per heavy atom. The Labute approximate surface area is 132 Å². The van der Waals surface area contributed by atoms with Crippen LogP contribution in [-0.4, -0.2) is 23.7 Å². The summed E-state index contributed by atoms with van der Waals surface area (Å²) >= 11 is 0. The Bertz CT molecular complexity index is 675. The molecule has 6 heteroatoms. The van der Waals surface area contributed by atoms with E-state index in [1.165, 1.54) is 18.2 Å². The van der Waals surface area contributed by atoms with E-state index < -0.39 is 23.8 Å². The van der Waals surface area contributed by atoms with E-state index in [1.807, 2.05) is 18.2 Å². The van der Waals surface area contributed by atoms with E-state index in [2.05, 4.69) is 5.32 Å². The first kappa shape index (κ1) is 16.5. The Kier molecular flexibility index (Phi) is 5.68. The van der Waals surface area contributed by atoms with Crippen molar-refractivity contribution >= 4 is 12.1 Å². The molecule has 1 atom stereocenters. The van der Waals surface area contributed by atoms with Gasteiger partial charge in [-0.15, -0.1) is 0 Å². The first-order chi connectivity index (χ1) is 11.1. The minimum Gasteiger partial charge on any atom is -0.481 e. The van der Waals surface area contributed by atoms with Gasteiger partial charge in [-0.3, -0.25) is 4.79 Å². The molecule has 0 radical (unpaired) electrons. The standard InChI is InChI=1S/C17H16FNO4/c18-14-8-4-7-13(9-14)15(16(20)21)10-19-17(22)23-11-12-5-2-1-3-6-12/h1-9,15H,10-11H2,(H,19,22)(H,20,21)/t15-/m1/s1. The van der Waals surface area contributed by atoms with Gasteiger partial charge >= 0.3 is 12.1 Å². The first-order valence-electron chi connectivity index (χ1n) is 6.99. The van der Waals surface area contributed by atoms with Gasteiger partial charge in [-0.1, -0.05) is 42.5 Å². The van der Waals surface area contributed by atoms with E-state index in [0.717, 1.165) is 11.6 Å². The molecule has 0 aliphatic heterocycles. The van der Waals surface area contributed by atoms with Crippen molar-refractivity contribution in [1.29, 1.82) is 0 Å². The second-order valence-corrected chi connectivity index (χ2v) is 4.89. The molecule has 0 saturated heterocycles. The quantitative estimate of drug-likeness (QED) is 0.859. The largest absolute Gasteiger partial charge is 0.481 e. The monoisotopic (exact) mass is 317 g/mol. The van der Waals surface area contributed by atoms with E-state index >= 15 is 0 Å². The predicted molar refractivity (Wildman–Crippen MR) is 81.4 cm³/mol. The zero-order chi connectivity index (χ0) is 16.7. The molecule has 2 aromatic rings. The van der Waals surface area contributed by atoms with Crippen molar-refractivity contribution in [3.05, 3.63) is 71.5 Å². The third-order valence-corrected chi connectivity index (χ3v) is 3.21. The van der Waals surface area contributed by atoms with Crippen LogP contribution in [0.25, 0.3) is 0 Å². The Morgan fingerprint density at radius 2 is 1.87 bits per heavy atom. The Morgan fingerprint density at radius 1 is 1.13 bits per heavy atom. The normalized spacial score (nSPS) is 11.5. The summed E-state index contributed by atoms with van der Waals surface area (Å²) in [4.78, 5) is 22.9. The number of halogens is 1. The lowest BCUT2D eigenvalue weighted by molar-refractivity contribution is -0.138. The SMILES string of the molecule is O=C(NC[C@@H](C(=O)O)c1cccc(F)c1)OCc1ccccc1. The molecular weight excluding hydrogens is 301 g/mol. The number of carbonyl (C=O) groups excluding carboxylic acids is 1. The van der Waals surface area contributed by atoms with Crippen molar-refractivity contribution in [3.8, 4) is 0 Å². The van der Waals surface area contributed by atoms with Gasteiger partial charge < -0.3 is 15.2 Å². The molecule has 2 rings (SSSR count). The molecule has 120 valence electrons. The van der Waals surface area contributed by atoms with Crippen molar-refractivity contribution in [2.75, 3.05) is 6.54 Å². The van der Waals surface area contributed by atoms with Gasteiger partial charge in [-0.25, -0.2) is 9.18 Å². The van der Waals surface area contributed by atoms with Crippen LogP contribution in [-0.2, 0) is 16.1 Å². The fourth-order valence-corrected chi connectivity index (χ4v) is 2.03. The number of hydrogen-bond acceptors (Lipinski definition) is 3. The molecule has 5 nitrogen and oxygen atoms in total. The van der Waals surface area contributed by atoms with Gasteiger partial charge in [0.2, 0.25) is 0 Å². The predicted octanol–water partition coefficient (Wildman–Crippen LogP) is 2.92. The molecule has 0 fully saturated rings. The minimum atomic E-state index is -1.15. The molecular formula is C17H16FNO4. The number of nitrogens with one attached hydrogen (secondary N) is 1. The molecule has 0 spiro atoms. The summed E-state index contributed by atoms with van der Waals surface area (Å²) in [5, 5.41) is 11.6. The molecule has 0 aliphatic rings. The van der Waals surface area contributed by atoms with Gasteiger partial charge in [0.25, 0.3) is 0 Å². The maximum atomic E-state index is 13.2. The lowest BCUT2D eigenvalue weighted by Gasteiger charge is -2.14. The molecule has 0 unspecified atom stereocenters. The molecule has 0 heterocycles. The summed E-state index contributed by atoms with van der Waals surface area (Å²) in [6, 6.07) is 14.4. The summed E-state index contributed by atoms with van der Waals surface area (Å²) in [6.07, 6.45) is -0.725. The van der Waals surface area contributed by atoms with Crippen LogP contribution in [0, 0.1) is 5.82 Å². The molecule has 2 N–H and O–H groups in total. The summed E-state index contributed by atoms with van der Waals surface area (Å²) in [6.45, 7) is -0.100. The van der Waals surface area contributed by atoms with E-state index in [-0.39, 0.29) is 18.7 Å². The van der Waals surface area contributed by atoms with Crippen LogP contribution in [0.5, 0.6) is 0 Å². The smallest absolute Gasteiger partial charge is 0.407 e. The number of ether oxygens (including phenoxy) is 1. The zero-order valence-electron chi connectivity index (χ0n) is 12.2. The molecule has 2 aromatic carbocycles. The Balaban J connectivity index is 1.89. The van der Waals surface area contributed by atoms with E-state index in [9.17, 15) is 19.1 Å². The Hall–Kier alpha value is -2.89. The number of alkyl carbamates (subject to hydrolysis) is 1. The number of amides is 1. The summed E-state index contributed by atoms with van der Waals surface area (Å²) in [5.41, 5.74) is 1.10. The van der Waals surface area contributed by atoms with Gasteiger partial charge in [0.1, 0.15) is 12.4 Å².